The lowest BCUT2D eigenvalue weighted by Gasteiger charge is -2.18. The van der Waals surface area contributed by atoms with Crippen LogP contribution < -0.4 is 0 Å². The van der Waals surface area contributed by atoms with Crippen molar-refractivity contribution in [3.8, 4) is 0 Å². The summed E-state index contributed by atoms with van der Waals surface area (Å²) in [6.45, 7) is 4.38. The minimum absolute atomic E-state index is 0.180. The van der Waals surface area contributed by atoms with Gasteiger partial charge in [-0.1, -0.05) is 20.8 Å². The van der Waals surface area contributed by atoms with Gasteiger partial charge < -0.3 is 5.11 Å². The number of aliphatic hydroxyl groups excluding tert-OH is 1. The van der Waals surface area contributed by atoms with Gasteiger partial charge in [0.05, 0.1) is 12.2 Å². The fourth-order valence-electron chi connectivity index (χ4n) is 1.28. The molecule has 0 radical (unpaired) electrons. The van der Waals surface area contributed by atoms with Gasteiger partial charge >= 0.3 is 0 Å². The molecule has 1 aromatic carbocycles. The molecular formula is C12H14F4OS. The molecule has 0 saturated carbocycles. The fourth-order valence-corrected chi connectivity index (χ4v) is 2.11. The van der Waals surface area contributed by atoms with E-state index < -0.39 is 41.0 Å². The standard InChI is InChI=1S/C12H14F4OS/c1-12(2,3)18-5-7-10(15)8(13)6(4-17)9(14)11(7)16/h17H,4-5H2,1-3H3. The predicted octanol–water partition coefficient (Wildman–Crippen LogP) is 3.77. The molecule has 0 saturated heterocycles. The van der Waals surface area contributed by atoms with Crippen LogP contribution in [0.3, 0.4) is 0 Å². The summed E-state index contributed by atoms with van der Waals surface area (Å²) in [6, 6.07) is 0. The first-order chi connectivity index (χ1) is 8.19. The summed E-state index contributed by atoms with van der Waals surface area (Å²) < 4.78 is 53.6. The molecule has 102 valence electrons. The molecule has 1 rings (SSSR count). The van der Waals surface area contributed by atoms with Crippen molar-refractivity contribution in [3.05, 3.63) is 34.4 Å². The molecule has 0 heterocycles. The second-order valence-electron chi connectivity index (χ2n) is 4.77. The van der Waals surface area contributed by atoms with Crippen molar-refractivity contribution in [1.82, 2.24) is 0 Å². The minimum atomic E-state index is -1.53. The maximum atomic E-state index is 13.6. The highest BCUT2D eigenvalue weighted by Crippen LogP contribution is 2.32. The third kappa shape index (κ3) is 3.17. The molecule has 0 aliphatic carbocycles. The molecule has 0 unspecified atom stereocenters. The van der Waals surface area contributed by atoms with Gasteiger partial charge in [-0.2, -0.15) is 11.8 Å². The molecule has 0 aliphatic heterocycles. The molecule has 0 atom stereocenters. The summed E-state index contributed by atoms with van der Waals surface area (Å²) in [6.07, 6.45) is 0. The molecule has 0 fully saturated rings. The molecular weight excluding hydrogens is 268 g/mol. The zero-order valence-electron chi connectivity index (χ0n) is 10.3. The second-order valence-corrected chi connectivity index (χ2v) is 6.57. The van der Waals surface area contributed by atoms with Crippen molar-refractivity contribution in [2.75, 3.05) is 0 Å². The fraction of sp³-hybridized carbons (Fsp3) is 0.500. The monoisotopic (exact) mass is 282 g/mol. The molecule has 0 bridgehead atoms. The first kappa shape index (κ1) is 15.3. The zero-order chi connectivity index (χ0) is 14.1. The van der Waals surface area contributed by atoms with E-state index in [1.54, 1.807) is 0 Å². The van der Waals surface area contributed by atoms with Crippen LogP contribution in [0.15, 0.2) is 0 Å². The number of benzene rings is 1. The molecule has 0 amide bonds. The average Bonchev–Trinajstić information content (AvgIpc) is 2.26. The number of rotatable bonds is 3. The summed E-state index contributed by atoms with van der Waals surface area (Å²) in [4.78, 5) is 0. The van der Waals surface area contributed by atoms with Crippen LogP contribution in [0.25, 0.3) is 0 Å². The highest BCUT2D eigenvalue weighted by molar-refractivity contribution is 7.99. The summed E-state index contributed by atoms with van der Waals surface area (Å²) in [5.41, 5.74) is -1.61. The van der Waals surface area contributed by atoms with Crippen LogP contribution in [0.2, 0.25) is 0 Å². The van der Waals surface area contributed by atoms with Crippen molar-refractivity contribution in [2.24, 2.45) is 0 Å². The van der Waals surface area contributed by atoms with E-state index in [0.717, 1.165) is 0 Å². The lowest BCUT2D eigenvalue weighted by molar-refractivity contribution is 0.262. The maximum absolute atomic E-state index is 13.6. The quantitative estimate of drug-likeness (QED) is 0.672. The van der Waals surface area contributed by atoms with Crippen molar-refractivity contribution < 1.29 is 22.7 Å². The topological polar surface area (TPSA) is 20.2 Å². The van der Waals surface area contributed by atoms with Crippen LogP contribution in [-0.2, 0) is 12.4 Å². The Bertz CT molecular complexity index is 425. The van der Waals surface area contributed by atoms with Crippen LogP contribution in [0.1, 0.15) is 31.9 Å². The minimum Gasteiger partial charge on any atom is -0.391 e. The van der Waals surface area contributed by atoms with Gasteiger partial charge in [0.25, 0.3) is 0 Å². The first-order valence-corrected chi connectivity index (χ1v) is 6.26. The highest BCUT2D eigenvalue weighted by atomic mass is 32.2. The predicted molar refractivity (Wildman–Crippen MR) is 63.2 cm³/mol. The average molecular weight is 282 g/mol. The molecule has 6 heteroatoms. The van der Waals surface area contributed by atoms with Gasteiger partial charge in [-0.25, -0.2) is 17.6 Å². The van der Waals surface area contributed by atoms with Crippen LogP contribution in [0, 0.1) is 23.3 Å². The molecule has 1 nitrogen and oxygen atoms in total. The van der Waals surface area contributed by atoms with E-state index in [2.05, 4.69) is 0 Å². The largest absolute Gasteiger partial charge is 0.391 e. The number of thioether (sulfide) groups is 1. The third-order valence-electron chi connectivity index (χ3n) is 2.25. The Morgan fingerprint density at radius 2 is 1.28 bits per heavy atom. The van der Waals surface area contributed by atoms with E-state index in [1.165, 1.54) is 11.8 Å². The van der Waals surface area contributed by atoms with Crippen LogP contribution in [0.5, 0.6) is 0 Å². The van der Waals surface area contributed by atoms with Gasteiger partial charge in [0.2, 0.25) is 0 Å². The Morgan fingerprint density at radius 1 is 0.889 bits per heavy atom. The van der Waals surface area contributed by atoms with E-state index >= 15 is 0 Å². The summed E-state index contributed by atoms with van der Waals surface area (Å²) in [5.74, 6) is -6.10. The number of aliphatic hydroxyl groups is 1. The summed E-state index contributed by atoms with van der Waals surface area (Å²) in [5, 5.41) is 8.68. The van der Waals surface area contributed by atoms with Crippen LogP contribution >= 0.6 is 11.8 Å². The third-order valence-corrected chi connectivity index (χ3v) is 3.55. The van der Waals surface area contributed by atoms with Gasteiger partial charge in [-0.15, -0.1) is 0 Å². The van der Waals surface area contributed by atoms with Gasteiger partial charge in [0.15, 0.2) is 23.3 Å². The van der Waals surface area contributed by atoms with Gasteiger partial charge in [0, 0.05) is 16.1 Å². The smallest absolute Gasteiger partial charge is 0.167 e. The molecule has 1 N–H and O–H groups in total. The van der Waals surface area contributed by atoms with Gasteiger partial charge in [0.1, 0.15) is 0 Å². The Balaban J connectivity index is 3.21. The second kappa shape index (κ2) is 5.48. The van der Waals surface area contributed by atoms with E-state index in [4.69, 9.17) is 5.11 Å². The highest BCUT2D eigenvalue weighted by Gasteiger charge is 2.25. The van der Waals surface area contributed by atoms with Crippen LogP contribution in [-0.4, -0.2) is 9.85 Å². The van der Waals surface area contributed by atoms with E-state index in [-0.39, 0.29) is 10.5 Å². The van der Waals surface area contributed by atoms with Gasteiger partial charge in [-0.05, 0) is 0 Å². The molecule has 18 heavy (non-hydrogen) atoms. The molecule has 0 aliphatic rings. The van der Waals surface area contributed by atoms with Crippen molar-refractivity contribution in [2.45, 2.75) is 37.9 Å². The molecule has 1 aromatic rings. The number of halogens is 4. The van der Waals surface area contributed by atoms with Crippen molar-refractivity contribution in [1.29, 1.82) is 0 Å². The lowest BCUT2D eigenvalue weighted by atomic mass is 10.1. The van der Waals surface area contributed by atoms with Crippen molar-refractivity contribution in [3.63, 3.8) is 0 Å². The zero-order valence-corrected chi connectivity index (χ0v) is 11.1. The van der Waals surface area contributed by atoms with Gasteiger partial charge in [-0.3, -0.25) is 0 Å². The first-order valence-electron chi connectivity index (χ1n) is 5.27. The summed E-state index contributed by atoms with van der Waals surface area (Å²) in [7, 11) is 0. The van der Waals surface area contributed by atoms with Crippen molar-refractivity contribution >= 4 is 11.8 Å². The lowest BCUT2D eigenvalue weighted by Crippen LogP contribution is -2.12. The Labute approximate surface area is 107 Å². The number of hydrogen-bond acceptors (Lipinski definition) is 2. The van der Waals surface area contributed by atoms with E-state index in [1.807, 2.05) is 20.8 Å². The Kier molecular flexibility index (Phi) is 4.66. The number of hydrogen-bond donors (Lipinski definition) is 1. The summed E-state index contributed by atoms with van der Waals surface area (Å²) >= 11 is 1.17. The Morgan fingerprint density at radius 3 is 1.61 bits per heavy atom. The molecule has 0 spiro atoms. The maximum Gasteiger partial charge on any atom is 0.167 e. The Hall–Kier alpha value is -0.750. The van der Waals surface area contributed by atoms with Crippen LogP contribution in [0.4, 0.5) is 17.6 Å². The van der Waals surface area contributed by atoms with E-state index in [0.29, 0.717) is 0 Å². The SMILES string of the molecule is CC(C)(C)SCc1c(F)c(F)c(CO)c(F)c1F. The van der Waals surface area contributed by atoms with E-state index in [9.17, 15) is 17.6 Å². The molecule has 0 aromatic heterocycles. The normalized spacial score (nSPS) is 12.0.